The maximum Gasteiger partial charge on any atom is 0.331 e. The van der Waals surface area contributed by atoms with Crippen molar-refractivity contribution in [3.63, 3.8) is 0 Å². The van der Waals surface area contributed by atoms with Crippen LogP contribution in [0.1, 0.15) is 28.6 Å². The van der Waals surface area contributed by atoms with Gasteiger partial charge in [-0.15, -0.1) is 10.2 Å². The van der Waals surface area contributed by atoms with E-state index in [0.717, 1.165) is 35.2 Å². The van der Waals surface area contributed by atoms with Crippen molar-refractivity contribution in [3.8, 4) is 5.88 Å². The number of likely N-dealkylation sites (tertiary alicyclic amines) is 1. The number of rotatable bonds is 4. The highest BCUT2D eigenvalue weighted by molar-refractivity contribution is 9.10. The first kappa shape index (κ1) is 22.0. The molecule has 1 aromatic carbocycles. The van der Waals surface area contributed by atoms with Gasteiger partial charge in [0.1, 0.15) is 0 Å². The first-order valence-corrected chi connectivity index (χ1v) is 12.2. The zero-order valence-corrected chi connectivity index (χ0v) is 20.3. The Morgan fingerprint density at radius 3 is 2.86 bits per heavy atom. The smallest absolute Gasteiger partial charge is 0.331 e. The lowest BCUT2D eigenvalue weighted by molar-refractivity contribution is 0.0922. The molecule has 2 bridgehead atoms. The van der Waals surface area contributed by atoms with Crippen LogP contribution >= 0.6 is 15.9 Å². The molecule has 2 aliphatic heterocycles. The van der Waals surface area contributed by atoms with E-state index in [-0.39, 0.29) is 28.8 Å². The molecule has 1 amide bonds. The van der Waals surface area contributed by atoms with Crippen molar-refractivity contribution in [3.05, 3.63) is 81.1 Å². The molecular weight excluding hydrogens is 514 g/mol. The molecule has 0 saturated carbocycles. The molecule has 1 saturated heterocycles. The summed E-state index contributed by atoms with van der Waals surface area (Å²) < 4.78 is 9.62. The summed E-state index contributed by atoms with van der Waals surface area (Å²) in [5.74, 6) is 0.0334. The minimum atomic E-state index is -0.622. The summed E-state index contributed by atoms with van der Waals surface area (Å²) in [4.78, 5) is 26.9. The molecule has 35 heavy (non-hydrogen) atoms. The second-order valence-corrected chi connectivity index (χ2v) is 10.0. The number of halogens is 1. The summed E-state index contributed by atoms with van der Waals surface area (Å²) >= 11 is 3.48. The molecule has 4 aromatic rings. The van der Waals surface area contributed by atoms with Gasteiger partial charge in [0, 0.05) is 47.2 Å². The number of benzene rings is 1. The molecule has 6 rings (SSSR count). The normalized spacial score (nSPS) is 19.9. The molecule has 0 radical (unpaired) electrons. The van der Waals surface area contributed by atoms with Gasteiger partial charge in [-0.3, -0.25) is 19.1 Å². The average Bonchev–Trinajstić information content (AvgIpc) is 3.46. The van der Waals surface area contributed by atoms with Crippen LogP contribution in [0, 0.1) is 5.92 Å². The highest BCUT2D eigenvalue weighted by atomic mass is 79.9. The number of azo groups is 1. The molecule has 10 heteroatoms. The predicted octanol–water partition coefficient (Wildman–Crippen LogP) is 4.87. The number of aromatic hydroxyl groups is 1. The van der Waals surface area contributed by atoms with Crippen molar-refractivity contribution in [2.24, 2.45) is 16.1 Å². The fraction of sp³-hybridized carbons (Fsp3) is 0.280. The van der Waals surface area contributed by atoms with Crippen LogP contribution in [0.4, 0.5) is 5.69 Å². The Kier molecular flexibility index (Phi) is 5.42. The molecule has 0 spiro atoms. The van der Waals surface area contributed by atoms with Gasteiger partial charge < -0.3 is 14.1 Å². The molecule has 1 N–H and O–H groups in total. The van der Waals surface area contributed by atoms with E-state index >= 15 is 0 Å². The van der Waals surface area contributed by atoms with Crippen LogP contribution in [0.3, 0.4) is 0 Å². The standard InChI is InChI=1S/C25H22BrN5O4/c26-17-6-7-20-18(10-17)23(27-28-24(33)21-4-2-8-35-21)25(34)31(20)14-29-11-15-9-16(13-29)19-3-1-5-22(32)30(19)12-15/h1-8,10,15-16,34H,9,11-14H2/t15-,16+/m1/s1. The minimum Gasteiger partial charge on any atom is -0.493 e. The molecule has 5 heterocycles. The second-order valence-electron chi connectivity index (χ2n) is 9.12. The van der Waals surface area contributed by atoms with E-state index in [1.165, 1.54) is 12.3 Å². The Hall–Kier alpha value is -3.50. The lowest BCUT2D eigenvalue weighted by Crippen LogP contribution is -2.47. The molecule has 3 aromatic heterocycles. The Balaban J connectivity index is 1.33. The number of nitrogens with zero attached hydrogens (tertiary/aromatic N) is 5. The summed E-state index contributed by atoms with van der Waals surface area (Å²) in [6.45, 7) is 2.77. The fourth-order valence-electron chi connectivity index (χ4n) is 5.39. The first-order chi connectivity index (χ1) is 17.0. The van der Waals surface area contributed by atoms with Gasteiger partial charge in [0.15, 0.2) is 11.4 Å². The summed E-state index contributed by atoms with van der Waals surface area (Å²) in [6, 6.07) is 14.3. The Morgan fingerprint density at radius 2 is 2.03 bits per heavy atom. The van der Waals surface area contributed by atoms with Gasteiger partial charge in [-0.05, 0) is 48.7 Å². The number of hydrogen-bond donors (Lipinski definition) is 1. The van der Waals surface area contributed by atoms with Crippen molar-refractivity contribution in [1.82, 2.24) is 14.0 Å². The molecular formula is C25H22BrN5O4. The summed E-state index contributed by atoms with van der Waals surface area (Å²) in [5, 5.41) is 19.7. The number of furan rings is 1. The fourth-order valence-corrected chi connectivity index (χ4v) is 5.75. The van der Waals surface area contributed by atoms with Gasteiger partial charge >= 0.3 is 5.91 Å². The van der Waals surface area contributed by atoms with Crippen molar-refractivity contribution < 1.29 is 14.3 Å². The van der Waals surface area contributed by atoms with Crippen LogP contribution < -0.4 is 5.56 Å². The van der Waals surface area contributed by atoms with Crippen LogP contribution in [-0.4, -0.2) is 38.1 Å². The van der Waals surface area contributed by atoms with E-state index in [0.29, 0.717) is 24.5 Å². The number of carbonyl (C=O) groups is 1. The SMILES string of the molecule is O=C(N=Nc1c(O)n(CN2C[C@H]3C[C@@H](C2)c2cccc(=O)n2C3)c2ccc(Br)cc12)c1ccco1. The third kappa shape index (κ3) is 3.92. The Bertz CT molecular complexity index is 1520. The van der Waals surface area contributed by atoms with Gasteiger partial charge in [-0.25, -0.2) is 0 Å². The van der Waals surface area contributed by atoms with Gasteiger partial charge in [0.05, 0.1) is 18.4 Å². The lowest BCUT2D eigenvalue weighted by atomic mass is 9.83. The Morgan fingerprint density at radius 1 is 1.14 bits per heavy atom. The van der Waals surface area contributed by atoms with E-state index in [1.807, 2.05) is 34.9 Å². The topological polar surface area (TPSA) is 105 Å². The third-order valence-corrected chi connectivity index (χ3v) is 7.33. The van der Waals surface area contributed by atoms with E-state index in [9.17, 15) is 14.7 Å². The van der Waals surface area contributed by atoms with Gasteiger partial charge in [0.25, 0.3) is 5.56 Å². The highest BCUT2D eigenvalue weighted by Crippen LogP contribution is 2.41. The van der Waals surface area contributed by atoms with Gasteiger partial charge in [-0.2, -0.15) is 0 Å². The molecule has 9 nitrogen and oxygen atoms in total. The number of piperidine rings is 1. The zero-order chi connectivity index (χ0) is 24.1. The highest BCUT2D eigenvalue weighted by Gasteiger charge is 2.35. The van der Waals surface area contributed by atoms with Crippen LogP contribution in [0.2, 0.25) is 0 Å². The van der Waals surface area contributed by atoms with Crippen LogP contribution in [0.25, 0.3) is 10.9 Å². The molecule has 0 aliphatic carbocycles. The van der Waals surface area contributed by atoms with Crippen molar-refractivity contribution in [1.29, 1.82) is 0 Å². The average molecular weight is 536 g/mol. The van der Waals surface area contributed by atoms with E-state index in [1.54, 1.807) is 16.7 Å². The van der Waals surface area contributed by atoms with Crippen LogP contribution in [0.15, 0.2) is 78.7 Å². The predicted molar refractivity (Wildman–Crippen MR) is 132 cm³/mol. The molecule has 1 fully saturated rings. The van der Waals surface area contributed by atoms with Crippen molar-refractivity contribution >= 4 is 38.4 Å². The van der Waals surface area contributed by atoms with E-state index < -0.39 is 5.91 Å². The van der Waals surface area contributed by atoms with Crippen molar-refractivity contribution in [2.75, 3.05) is 13.1 Å². The molecule has 0 unspecified atom stereocenters. The summed E-state index contributed by atoms with van der Waals surface area (Å²) in [6.07, 6.45) is 2.45. The number of pyridine rings is 1. The van der Waals surface area contributed by atoms with Crippen LogP contribution in [0.5, 0.6) is 5.88 Å². The quantitative estimate of drug-likeness (QED) is 0.375. The first-order valence-electron chi connectivity index (χ1n) is 11.4. The number of aromatic nitrogens is 2. The molecule has 2 aliphatic rings. The maximum atomic E-state index is 12.3. The number of carbonyl (C=O) groups excluding carboxylic acids is 1. The van der Waals surface area contributed by atoms with Gasteiger partial charge in [-0.1, -0.05) is 22.0 Å². The summed E-state index contributed by atoms with van der Waals surface area (Å²) in [7, 11) is 0. The van der Waals surface area contributed by atoms with Gasteiger partial charge in [0.2, 0.25) is 5.88 Å². The maximum absolute atomic E-state index is 12.3. The van der Waals surface area contributed by atoms with Crippen molar-refractivity contribution in [2.45, 2.75) is 25.6 Å². The Labute approximate surface area is 208 Å². The lowest BCUT2D eigenvalue weighted by Gasteiger charge is -2.42. The molecule has 2 atom stereocenters. The largest absolute Gasteiger partial charge is 0.493 e. The molecule has 178 valence electrons. The van der Waals surface area contributed by atoms with E-state index in [4.69, 9.17) is 4.42 Å². The second kappa shape index (κ2) is 8.62. The summed E-state index contributed by atoms with van der Waals surface area (Å²) in [5.41, 5.74) is 2.16. The monoisotopic (exact) mass is 535 g/mol. The number of hydrogen-bond acceptors (Lipinski definition) is 6. The minimum absolute atomic E-state index is 0.0542. The zero-order valence-electron chi connectivity index (χ0n) is 18.7. The van der Waals surface area contributed by atoms with E-state index in [2.05, 4.69) is 31.1 Å². The number of amides is 1. The number of fused-ring (bicyclic) bond motifs is 5. The third-order valence-electron chi connectivity index (χ3n) is 6.84. The van der Waals surface area contributed by atoms with Crippen LogP contribution in [-0.2, 0) is 13.2 Å².